The third-order valence-corrected chi connectivity index (χ3v) is 4.50. The lowest BCUT2D eigenvalue weighted by Crippen LogP contribution is -2.50. The topological polar surface area (TPSA) is 20.3 Å². The molecule has 0 aliphatic heterocycles. The van der Waals surface area contributed by atoms with E-state index < -0.39 is 8.24 Å². The molecule has 15 heavy (non-hydrogen) atoms. The third kappa shape index (κ3) is 5.77. The average molecular weight is 227 g/mol. The van der Waals surface area contributed by atoms with Gasteiger partial charge in [-0.15, -0.1) is 6.58 Å². The highest BCUT2D eigenvalue weighted by atomic mass is 28.3. The Bertz CT molecular complexity index is 208. The first-order valence-electron chi connectivity index (χ1n) is 5.84. The summed E-state index contributed by atoms with van der Waals surface area (Å²) < 4.78 is 2.12. The summed E-state index contributed by atoms with van der Waals surface area (Å²) in [5, 5.41) is 0. The van der Waals surface area contributed by atoms with E-state index in [4.69, 9.17) is 0 Å². The summed E-state index contributed by atoms with van der Waals surface area (Å²) in [7, 11) is -1.49. The molecule has 0 unspecified atom stereocenters. The van der Waals surface area contributed by atoms with Crippen molar-refractivity contribution >= 4 is 14.1 Å². The van der Waals surface area contributed by atoms with Gasteiger partial charge in [0.15, 0.2) is 8.24 Å². The highest BCUT2D eigenvalue weighted by Crippen LogP contribution is 2.13. The van der Waals surface area contributed by atoms with E-state index >= 15 is 0 Å². The first-order valence-corrected chi connectivity index (χ1v) is 9.29. The van der Waals surface area contributed by atoms with E-state index in [2.05, 4.69) is 37.7 Å². The highest BCUT2D eigenvalue weighted by molar-refractivity contribution is 6.75. The first-order chi connectivity index (χ1) is 6.93. The van der Waals surface area contributed by atoms with E-state index in [1.165, 1.54) is 0 Å². The molecule has 88 valence electrons. The van der Waals surface area contributed by atoms with Crippen LogP contribution in [0.4, 0.5) is 0 Å². The zero-order chi connectivity index (χ0) is 11.9. The molecule has 0 atom stereocenters. The molecule has 0 heterocycles. The minimum absolute atomic E-state index is 0.308. The van der Waals surface area contributed by atoms with Crippen molar-refractivity contribution in [2.24, 2.45) is 0 Å². The molecular formula is C12H25NOSi. The largest absolute Gasteiger partial charge is 0.370 e. The van der Waals surface area contributed by atoms with Crippen molar-refractivity contribution in [3.63, 3.8) is 0 Å². The molecule has 0 aromatic carbocycles. The maximum atomic E-state index is 12.0. The number of nitrogens with zero attached hydrogens (tertiary/aromatic N) is 1. The van der Waals surface area contributed by atoms with Gasteiger partial charge in [-0.2, -0.15) is 0 Å². The Hall–Kier alpha value is -0.573. The summed E-state index contributed by atoms with van der Waals surface area (Å²) in [5.41, 5.74) is 0. The SMILES string of the molecule is C=CCCC(=O)N(CCCC)[Si](C)(C)C. The molecule has 0 saturated carbocycles. The predicted octanol–water partition coefficient (Wildman–Crippen LogP) is 3.42. The van der Waals surface area contributed by atoms with E-state index in [0.717, 1.165) is 25.8 Å². The average Bonchev–Trinajstić information content (AvgIpc) is 2.13. The van der Waals surface area contributed by atoms with Gasteiger partial charge in [0.2, 0.25) is 5.91 Å². The van der Waals surface area contributed by atoms with Crippen molar-refractivity contribution in [3.8, 4) is 0 Å². The molecule has 0 aliphatic rings. The fourth-order valence-electron chi connectivity index (χ4n) is 1.51. The number of hydrogen-bond donors (Lipinski definition) is 0. The molecule has 0 bridgehead atoms. The van der Waals surface area contributed by atoms with Gasteiger partial charge >= 0.3 is 0 Å². The molecule has 2 nitrogen and oxygen atoms in total. The van der Waals surface area contributed by atoms with Crippen LogP contribution >= 0.6 is 0 Å². The molecule has 0 aromatic rings. The van der Waals surface area contributed by atoms with E-state index in [0.29, 0.717) is 12.3 Å². The van der Waals surface area contributed by atoms with Crippen LogP contribution in [0.3, 0.4) is 0 Å². The monoisotopic (exact) mass is 227 g/mol. The molecule has 0 aliphatic carbocycles. The van der Waals surface area contributed by atoms with Crippen LogP contribution in [0.15, 0.2) is 12.7 Å². The van der Waals surface area contributed by atoms with E-state index in [1.54, 1.807) is 0 Å². The molecule has 0 saturated heterocycles. The van der Waals surface area contributed by atoms with Crippen molar-refractivity contribution < 1.29 is 4.79 Å². The number of rotatable bonds is 7. The number of hydrogen-bond acceptors (Lipinski definition) is 1. The highest BCUT2D eigenvalue weighted by Gasteiger charge is 2.27. The van der Waals surface area contributed by atoms with E-state index in [9.17, 15) is 4.79 Å². The second-order valence-corrected chi connectivity index (χ2v) is 9.78. The quantitative estimate of drug-likeness (QED) is 0.482. The van der Waals surface area contributed by atoms with Gasteiger partial charge < -0.3 is 4.57 Å². The van der Waals surface area contributed by atoms with Crippen LogP contribution in [0, 0.1) is 0 Å². The van der Waals surface area contributed by atoms with Gasteiger partial charge in [-0.05, 0) is 12.8 Å². The number of unbranched alkanes of at least 4 members (excludes halogenated alkanes) is 1. The molecular weight excluding hydrogens is 202 g/mol. The first kappa shape index (κ1) is 14.4. The Morgan fingerprint density at radius 3 is 2.40 bits per heavy atom. The third-order valence-electron chi connectivity index (χ3n) is 2.41. The van der Waals surface area contributed by atoms with Crippen molar-refractivity contribution in [2.75, 3.05) is 6.54 Å². The molecule has 3 heteroatoms. The minimum atomic E-state index is -1.49. The van der Waals surface area contributed by atoms with Gasteiger partial charge in [0.05, 0.1) is 0 Å². The molecule has 0 radical (unpaired) electrons. The van der Waals surface area contributed by atoms with E-state index in [1.807, 2.05) is 6.08 Å². The Kier molecular flexibility index (Phi) is 6.57. The van der Waals surface area contributed by atoms with Gasteiger partial charge in [-0.1, -0.05) is 39.1 Å². The standard InChI is InChI=1S/C12H25NOSi/c1-6-8-10-12(14)13(11-9-7-2)15(3,4)5/h6H,1,7-11H2,2-5H3. The Morgan fingerprint density at radius 2 is 2.00 bits per heavy atom. The maximum absolute atomic E-state index is 12.0. The van der Waals surface area contributed by atoms with Crippen LogP contribution in [0.1, 0.15) is 32.6 Å². The number of allylic oxidation sites excluding steroid dienone is 1. The number of amides is 1. The van der Waals surface area contributed by atoms with Gasteiger partial charge in [0.1, 0.15) is 0 Å². The van der Waals surface area contributed by atoms with Gasteiger partial charge in [0, 0.05) is 13.0 Å². The second-order valence-electron chi connectivity index (χ2n) is 4.90. The molecule has 0 N–H and O–H groups in total. The normalized spacial score (nSPS) is 11.2. The van der Waals surface area contributed by atoms with Crippen LogP contribution in [-0.2, 0) is 4.79 Å². The molecule has 0 fully saturated rings. The minimum Gasteiger partial charge on any atom is -0.370 e. The van der Waals surface area contributed by atoms with E-state index in [-0.39, 0.29) is 0 Å². The summed E-state index contributed by atoms with van der Waals surface area (Å²) in [6.45, 7) is 13.4. The smallest absolute Gasteiger partial charge is 0.214 e. The Balaban J connectivity index is 4.34. The van der Waals surface area contributed by atoms with Crippen molar-refractivity contribution in [1.29, 1.82) is 0 Å². The second kappa shape index (κ2) is 6.83. The maximum Gasteiger partial charge on any atom is 0.214 e. The summed E-state index contributed by atoms with van der Waals surface area (Å²) in [5.74, 6) is 0.308. The fourth-order valence-corrected chi connectivity index (χ4v) is 3.20. The summed E-state index contributed by atoms with van der Waals surface area (Å²) >= 11 is 0. The summed E-state index contributed by atoms with van der Waals surface area (Å²) in [6.07, 6.45) is 5.50. The Morgan fingerprint density at radius 1 is 1.40 bits per heavy atom. The van der Waals surface area contributed by atoms with Crippen molar-refractivity contribution in [3.05, 3.63) is 12.7 Å². The van der Waals surface area contributed by atoms with Crippen LogP contribution in [0.5, 0.6) is 0 Å². The molecule has 1 amide bonds. The van der Waals surface area contributed by atoms with Crippen LogP contribution in [0.2, 0.25) is 19.6 Å². The summed E-state index contributed by atoms with van der Waals surface area (Å²) in [6, 6.07) is 0. The summed E-state index contributed by atoms with van der Waals surface area (Å²) in [4.78, 5) is 12.0. The lowest BCUT2D eigenvalue weighted by atomic mass is 10.3. The van der Waals surface area contributed by atoms with Crippen molar-refractivity contribution in [1.82, 2.24) is 4.57 Å². The predicted molar refractivity (Wildman–Crippen MR) is 69.4 cm³/mol. The molecule has 0 spiro atoms. The molecule has 0 aromatic heterocycles. The van der Waals surface area contributed by atoms with Crippen molar-refractivity contribution in [2.45, 2.75) is 52.2 Å². The molecule has 0 rings (SSSR count). The number of carbonyl (C=O) groups is 1. The van der Waals surface area contributed by atoms with Gasteiger partial charge in [-0.25, -0.2) is 0 Å². The van der Waals surface area contributed by atoms with Crippen LogP contribution in [0.25, 0.3) is 0 Å². The zero-order valence-corrected chi connectivity index (χ0v) is 11.7. The van der Waals surface area contributed by atoms with Crippen LogP contribution in [-0.4, -0.2) is 25.3 Å². The van der Waals surface area contributed by atoms with Gasteiger partial charge in [0.25, 0.3) is 0 Å². The number of carbonyl (C=O) groups excluding carboxylic acids is 1. The fraction of sp³-hybridized carbons (Fsp3) is 0.750. The zero-order valence-electron chi connectivity index (χ0n) is 10.7. The Labute approximate surface area is 95.4 Å². The van der Waals surface area contributed by atoms with Crippen LogP contribution < -0.4 is 0 Å². The lowest BCUT2D eigenvalue weighted by molar-refractivity contribution is -0.127. The van der Waals surface area contributed by atoms with Gasteiger partial charge in [-0.3, -0.25) is 4.79 Å². The lowest BCUT2D eigenvalue weighted by Gasteiger charge is -2.34.